The molecule has 0 aromatic carbocycles. The third-order valence-electron chi connectivity index (χ3n) is 7.14. The van der Waals surface area contributed by atoms with Gasteiger partial charge in [0.2, 0.25) is 0 Å². The first-order valence-corrected chi connectivity index (χ1v) is 15.6. The van der Waals surface area contributed by atoms with Gasteiger partial charge in [-0.15, -0.1) is 0 Å². The highest BCUT2D eigenvalue weighted by Gasteiger charge is 2.35. The molecule has 0 aromatic rings. The second kappa shape index (κ2) is 26.5. The van der Waals surface area contributed by atoms with Gasteiger partial charge < -0.3 is 14.6 Å². The second-order valence-corrected chi connectivity index (χ2v) is 10.7. The molecule has 210 valence electrons. The first kappa shape index (κ1) is 34.4. The number of carboxylic acid groups (broad SMARTS) is 1. The van der Waals surface area contributed by atoms with Crippen LogP contribution in [0.2, 0.25) is 0 Å². The standard InChI is InChI=1S/C31H62O4/c1-4-6-8-10-12-14-16-18-20-22-24-26-28-34-31(3,30(32)33)35-29-27-25-23-21-19-17-15-13-11-9-7-5-2/h4-29H2,1-3H3,(H,32,33). The van der Waals surface area contributed by atoms with Gasteiger partial charge in [-0.05, 0) is 12.8 Å². The smallest absolute Gasteiger partial charge is 0.364 e. The fourth-order valence-electron chi connectivity index (χ4n) is 4.59. The summed E-state index contributed by atoms with van der Waals surface area (Å²) in [6.45, 7) is 7.00. The van der Waals surface area contributed by atoms with Crippen molar-refractivity contribution < 1.29 is 19.4 Å². The van der Waals surface area contributed by atoms with Crippen LogP contribution in [0.15, 0.2) is 0 Å². The number of aliphatic carboxylic acids is 1. The minimum absolute atomic E-state index is 0.457. The zero-order valence-electron chi connectivity index (χ0n) is 24.1. The van der Waals surface area contributed by atoms with E-state index in [-0.39, 0.29) is 0 Å². The van der Waals surface area contributed by atoms with Crippen molar-refractivity contribution in [2.75, 3.05) is 13.2 Å². The van der Waals surface area contributed by atoms with Gasteiger partial charge in [-0.25, -0.2) is 4.79 Å². The number of carbonyl (C=O) groups is 1. The summed E-state index contributed by atoms with van der Waals surface area (Å²) in [5.74, 6) is -2.52. The Morgan fingerprint density at radius 1 is 0.486 bits per heavy atom. The molecule has 0 aliphatic rings. The predicted molar refractivity (Wildman–Crippen MR) is 150 cm³/mol. The van der Waals surface area contributed by atoms with Crippen molar-refractivity contribution in [2.24, 2.45) is 0 Å². The van der Waals surface area contributed by atoms with Crippen LogP contribution < -0.4 is 0 Å². The van der Waals surface area contributed by atoms with Crippen LogP contribution in [0.3, 0.4) is 0 Å². The lowest BCUT2D eigenvalue weighted by Crippen LogP contribution is -2.42. The van der Waals surface area contributed by atoms with Gasteiger partial charge in [-0.3, -0.25) is 0 Å². The highest BCUT2D eigenvalue weighted by atomic mass is 16.7. The van der Waals surface area contributed by atoms with Crippen molar-refractivity contribution >= 4 is 5.97 Å². The number of unbranched alkanes of at least 4 members (excludes halogenated alkanes) is 22. The van der Waals surface area contributed by atoms with E-state index in [0.29, 0.717) is 13.2 Å². The van der Waals surface area contributed by atoms with Gasteiger partial charge in [0.05, 0.1) is 13.2 Å². The first-order chi connectivity index (χ1) is 17.1. The van der Waals surface area contributed by atoms with Gasteiger partial charge in [0, 0.05) is 6.92 Å². The first-order valence-electron chi connectivity index (χ1n) is 15.6. The fraction of sp³-hybridized carbons (Fsp3) is 0.968. The summed E-state index contributed by atoms with van der Waals surface area (Å²) in [6, 6.07) is 0. The lowest BCUT2D eigenvalue weighted by atomic mass is 10.1. The van der Waals surface area contributed by atoms with Crippen molar-refractivity contribution in [1.82, 2.24) is 0 Å². The fourth-order valence-corrected chi connectivity index (χ4v) is 4.59. The van der Waals surface area contributed by atoms with Crippen LogP contribution in [0.5, 0.6) is 0 Å². The number of rotatable bonds is 29. The van der Waals surface area contributed by atoms with Crippen LogP contribution in [0.4, 0.5) is 0 Å². The molecule has 0 saturated carbocycles. The molecule has 0 saturated heterocycles. The summed E-state index contributed by atoms with van der Waals surface area (Å²) in [6.07, 6.45) is 30.9. The predicted octanol–water partition coefficient (Wildman–Crippen LogP) is 10.2. The van der Waals surface area contributed by atoms with Crippen molar-refractivity contribution in [3.63, 3.8) is 0 Å². The molecule has 0 aliphatic heterocycles. The molecule has 4 heteroatoms. The molecule has 0 aliphatic carbocycles. The van der Waals surface area contributed by atoms with Gasteiger partial charge in [0.1, 0.15) is 0 Å². The normalized spacial score (nSPS) is 11.9. The van der Waals surface area contributed by atoms with E-state index in [2.05, 4.69) is 13.8 Å². The Balaban J connectivity index is 3.57. The minimum atomic E-state index is -1.50. The maximum absolute atomic E-state index is 11.7. The Hall–Kier alpha value is -0.610. The lowest BCUT2D eigenvalue weighted by Gasteiger charge is -2.25. The molecule has 1 N–H and O–H groups in total. The number of carboxylic acids is 1. The molecule has 0 unspecified atom stereocenters. The second-order valence-electron chi connectivity index (χ2n) is 10.7. The molecule has 0 atom stereocenters. The van der Waals surface area contributed by atoms with Crippen LogP contribution in [0.25, 0.3) is 0 Å². The van der Waals surface area contributed by atoms with Gasteiger partial charge in [0.25, 0.3) is 5.79 Å². The van der Waals surface area contributed by atoms with Crippen LogP contribution in [-0.4, -0.2) is 30.1 Å². The largest absolute Gasteiger partial charge is 0.477 e. The molecule has 0 aromatic heterocycles. The minimum Gasteiger partial charge on any atom is -0.477 e. The average Bonchev–Trinajstić information content (AvgIpc) is 2.84. The number of hydrogen-bond acceptors (Lipinski definition) is 3. The number of hydrogen-bond donors (Lipinski definition) is 1. The number of ether oxygens (including phenoxy) is 2. The third-order valence-corrected chi connectivity index (χ3v) is 7.14. The Labute approximate surface area is 219 Å². The molecule has 0 radical (unpaired) electrons. The molecule has 0 heterocycles. The Kier molecular flexibility index (Phi) is 26.0. The summed E-state index contributed by atoms with van der Waals surface area (Å²) in [5, 5.41) is 9.56. The summed E-state index contributed by atoms with van der Waals surface area (Å²) >= 11 is 0. The highest BCUT2D eigenvalue weighted by Crippen LogP contribution is 2.17. The van der Waals surface area contributed by atoms with E-state index < -0.39 is 11.8 Å². The van der Waals surface area contributed by atoms with E-state index in [1.54, 1.807) is 6.92 Å². The monoisotopic (exact) mass is 498 g/mol. The molecular weight excluding hydrogens is 436 g/mol. The van der Waals surface area contributed by atoms with E-state index in [9.17, 15) is 9.90 Å². The van der Waals surface area contributed by atoms with Crippen molar-refractivity contribution in [3.05, 3.63) is 0 Å². The molecule has 35 heavy (non-hydrogen) atoms. The van der Waals surface area contributed by atoms with Gasteiger partial charge in [-0.1, -0.05) is 155 Å². The summed E-state index contributed by atoms with van der Waals surface area (Å²) in [4.78, 5) is 11.7. The van der Waals surface area contributed by atoms with Crippen LogP contribution in [0.1, 0.15) is 175 Å². The van der Waals surface area contributed by atoms with Crippen LogP contribution >= 0.6 is 0 Å². The quantitative estimate of drug-likeness (QED) is 0.0823. The van der Waals surface area contributed by atoms with E-state index in [0.717, 1.165) is 25.7 Å². The van der Waals surface area contributed by atoms with Crippen LogP contribution in [0, 0.1) is 0 Å². The zero-order chi connectivity index (χ0) is 25.9. The maximum Gasteiger partial charge on any atom is 0.364 e. The molecule has 0 bridgehead atoms. The maximum atomic E-state index is 11.7. The van der Waals surface area contributed by atoms with Crippen molar-refractivity contribution in [2.45, 2.75) is 181 Å². The molecule has 0 rings (SSSR count). The zero-order valence-corrected chi connectivity index (χ0v) is 24.1. The molecule has 0 amide bonds. The summed E-state index contributed by atoms with van der Waals surface area (Å²) in [7, 11) is 0. The molecule has 4 nitrogen and oxygen atoms in total. The summed E-state index contributed by atoms with van der Waals surface area (Å²) in [5.41, 5.74) is 0. The van der Waals surface area contributed by atoms with Crippen molar-refractivity contribution in [3.8, 4) is 0 Å². The molecule has 0 spiro atoms. The van der Waals surface area contributed by atoms with E-state index in [1.807, 2.05) is 0 Å². The molecule has 0 fully saturated rings. The topological polar surface area (TPSA) is 55.8 Å². The van der Waals surface area contributed by atoms with Gasteiger partial charge in [0.15, 0.2) is 0 Å². The lowest BCUT2D eigenvalue weighted by molar-refractivity contribution is -0.237. The molecular formula is C31H62O4. The Morgan fingerprint density at radius 2 is 0.714 bits per heavy atom. The van der Waals surface area contributed by atoms with Gasteiger partial charge >= 0.3 is 5.97 Å². The van der Waals surface area contributed by atoms with Crippen LogP contribution in [-0.2, 0) is 14.3 Å². The SMILES string of the molecule is CCCCCCCCCCCCCCOC(C)(OCCCCCCCCCCCCCC)C(=O)O. The average molecular weight is 499 g/mol. The Bertz CT molecular complexity index is 408. The van der Waals surface area contributed by atoms with E-state index >= 15 is 0 Å². The van der Waals surface area contributed by atoms with Gasteiger partial charge in [-0.2, -0.15) is 0 Å². The summed E-state index contributed by atoms with van der Waals surface area (Å²) < 4.78 is 11.3. The van der Waals surface area contributed by atoms with Crippen molar-refractivity contribution in [1.29, 1.82) is 0 Å². The van der Waals surface area contributed by atoms with E-state index in [4.69, 9.17) is 9.47 Å². The third kappa shape index (κ3) is 23.5. The highest BCUT2D eigenvalue weighted by molar-refractivity contribution is 5.75. The van der Waals surface area contributed by atoms with E-state index in [1.165, 1.54) is 128 Å². The Morgan fingerprint density at radius 3 is 0.943 bits per heavy atom.